The van der Waals surface area contributed by atoms with E-state index in [1.54, 1.807) is 0 Å². The van der Waals surface area contributed by atoms with Crippen LogP contribution in [0, 0.1) is 47.5 Å². The topological polar surface area (TPSA) is 82.2 Å². The van der Waals surface area contributed by atoms with Gasteiger partial charge >= 0.3 is 0 Å². The van der Waals surface area contributed by atoms with Crippen molar-refractivity contribution < 1.29 is 0 Å². The average Bonchev–Trinajstić information content (AvgIpc) is 3.51. The molecule has 0 radical (unpaired) electrons. The van der Waals surface area contributed by atoms with Crippen LogP contribution in [-0.4, -0.2) is 12.1 Å². The summed E-state index contributed by atoms with van der Waals surface area (Å²) in [6, 6.07) is 24.9. The number of nitrogens with zero attached hydrogens (tertiary/aromatic N) is 6. The van der Waals surface area contributed by atoms with E-state index in [1.807, 2.05) is 60.7 Å². The SMILES string of the molecule is [C-]#[N+]C1=CC2c3cc(C#N)ccc3N(c3cc(C)cc(N4c5ccc(C#N)cc5C5C=C(C#N)C=CC54)c3)C2C=C1. The van der Waals surface area contributed by atoms with Crippen molar-refractivity contribution in [1.82, 2.24) is 0 Å². The summed E-state index contributed by atoms with van der Waals surface area (Å²) < 4.78 is 0. The largest absolute Gasteiger partial charge is 0.333 e. The van der Waals surface area contributed by atoms with Gasteiger partial charge in [-0.15, -0.1) is 0 Å². The fourth-order valence-corrected chi connectivity index (χ4v) is 6.70. The van der Waals surface area contributed by atoms with Gasteiger partial charge in [-0.1, -0.05) is 30.4 Å². The lowest BCUT2D eigenvalue weighted by molar-refractivity contribution is 0.735. The maximum absolute atomic E-state index is 9.59. The van der Waals surface area contributed by atoms with Crippen LogP contribution >= 0.6 is 0 Å². The number of nitriles is 3. The maximum atomic E-state index is 9.59. The Kier molecular flexibility index (Phi) is 5.40. The summed E-state index contributed by atoms with van der Waals surface area (Å²) in [5.41, 5.74) is 9.71. The first kappa shape index (κ1) is 24.2. The molecule has 3 aromatic rings. The van der Waals surface area contributed by atoms with E-state index in [1.165, 1.54) is 0 Å². The fourth-order valence-electron chi connectivity index (χ4n) is 6.70. The van der Waals surface area contributed by atoms with Crippen molar-refractivity contribution in [2.75, 3.05) is 9.80 Å². The van der Waals surface area contributed by atoms with Crippen molar-refractivity contribution in [2.45, 2.75) is 30.8 Å². The van der Waals surface area contributed by atoms with E-state index in [0.717, 1.165) is 39.4 Å². The molecule has 0 spiro atoms. The number of hydrogen-bond donors (Lipinski definition) is 0. The Bertz CT molecular complexity index is 1810. The molecule has 2 aliphatic carbocycles. The zero-order valence-corrected chi connectivity index (χ0v) is 22.2. The molecule has 4 atom stereocenters. The molecule has 41 heavy (non-hydrogen) atoms. The highest BCUT2D eigenvalue weighted by Gasteiger charge is 2.41. The zero-order chi connectivity index (χ0) is 28.2. The summed E-state index contributed by atoms with van der Waals surface area (Å²) in [6.45, 7) is 9.64. The number of aryl methyl sites for hydroxylation is 1. The van der Waals surface area contributed by atoms with Crippen LogP contribution in [0.25, 0.3) is 4.85 Å². The van der Waals surface area contributed by atoms with Crippen LogP contribution in [0.1, 0.15) is 39.7 Å². The highest BCUT2D eigenvalue weighted by atomic mass is 15.2. The number of fused-ring (bicyclic) bond motifs is 6. The lowest BCUT2D eigenvalue weighted by Gasteiger charge is -2.33. The van der Waals surface area contributed by atoms with Gasteiger partial charge in [-0.3, -0.25) is 0 Å². The first-order chi connectivity index (χ1) is 20.0. The third-order valence-corrected chi connectivity index (χ3v) is 8.39. The van der Waals surface area contributed by atoms with Crippen LogP contribution < -0.4 is 9.80 Å². The lowest BCUT2D eigenvalue weighted by atomic mass is 9.88. The molecular weight excluding hydrogens is 504 g/mol. The first-order valence-electron chi connectivity index (χ1n) is 13.4. The number of benzene rings is 3. The summed E-state index contributed by atoms with van der Waals surface area (Å²) in [6.07, 6.45) is 12.0. The molecule has 6 heteroatoms. The van der Waals surface area contributed by atoms with Crippen molar-refractivity contribution in [1.29, 1.82) is 15.8 Å². The van der Waals surface area contributed by atoms with Gasteiger partial charge < -0.3 is 9.80 Å². The second-order valence-electron chi connectivity index (χ2n) is 10.7. The molecule has 4 aliphatic rings. The molecule has 0 saturated carbocycles. The van der Waals surface area contributed by atoms with E-state index in [-0.39, 0.29) is 23.9 Å². The van der Waals surface area contributed by atoms with E-state index >= 15 is 0 Å². The van der Waals surface area contributed by atoms with Crippen LogP contribution in [-0.2, 0) is 0 Å². The number of rotatable bonds is 2. The second-order valence-corrected chi connectivity index (χ2v) is 10.7. The molecule has 0 N–H and O–H groups in total. The average molecular weight is 527 g/mol. The van der Waals surface area contributed by atoms with Crippen molar-refractivity contribution in [3.63, 3.8) is 0 Å². The van der Waals surface area contributed by atoms with E-state index in [9.17, 15) is 15.8 Å². The molecule has 4 unspecified atom stereocenters. The summed E-state index contributed by atoms with van der Waals surface area (Å²) in [5, 5.41) is 28.8. The lowest BCUT2D eigenvalue weighted by Crippen LogP contribution is -2.31. The Labute approximate surface area is 238 Å². The highest BCUT2D eigenvalue weighted by molar-refractivity contribution is 5.82. The Morgan fingerprint density at radius 1 is 0.707 bits per heavy atom. The van der Waals surface area contributed by atoms with Crippen molar-refractivity contribution >= 4 is 22.7 Å². The minimum Gasteiger partial charge on any atom is -0.333 e. The quantitative estimate of drug-likeness (QED) is 0.326. The molecule has 2 heterocycles. The number of anilines is 4. The summed E-state index contributed by atoms with van der Waals surface area (Å²) in [4.78, 5) is 8.28. The van der Waals surface area contributed by atoms with E-state index < -0.39 is 0 Å². The molecule has 0 bridgehead atoms. The predicted molar refractivity (Wildman–Crippen MR) is 157 cm³/mol. The highest BCUT2D eigenvalue weighted by Crippen LogP contribution is 2.52. The van der Waals surface area contributed by atoms with Crippen molar-refractivity contribution in [3.8, 4) is 18.2 Å². The monoisotopic (exact) mass is 526 g/mol. The second kappa shape index (κ2) is 9.14. The summed E-state index contributed by atoms with van der Waals surface area (Å²) in [5.74, 6) is -0.0739. The van der Waals surface area contributed by atoms with Gasteiger partial charge in [0.25, 0.3) is 0 Å². The standard InChI is InChI=1S/C35H22N6/c1-21-11-26(40-32-7-3-22(18-36)13-28(32)29-14-23(19-37)4-8-33(29)40)17-27(12-21)41-34-9-5-24(20-38)15-30(34)31-16-25(39-2)6-10-35(31)41/h3-17,28,31-32,35H,1H3. The normalized spacial score (nSPS) is 22.7. The molecule has 2 aliphatic heterocycles. The fraction of sp³-hybridized carbons (Fsp3) is 0.143. The summed E-state index contributed by atoms with van der Waals surface area (Å²) in [7, 11) is 0. The van der Waals surface area contributed by atoms with Gasteiger partial charge in [-0.05, 0) is 84.3 Å². The maximum Gasteiger partial charge on any atom is 0.183 e. The summed E-state index contributed by atoms with van der Waals surface area (Å²) >= 11 is 0. The first-order valence-corrected chi connectivity index (χ1v) is 13.4. The third kappa shape index (κ3) is 3.67. The predicted octanol–water partition coefficient (Wildman–Crippen LogP) is 7.34. The molecule has 0 amide bonds. The molecule has 3 aromatic carbocycles. The molecule has 0 fully saturated rings. The number of allylic oxidation sites excluding steroid dienone is 3. The van der Waals surface area contributed by atoms with Crippen LogP contribution in [0.5, 0.6) is 0 Å². The number of hydrogen-bond acceptors (Lipinski definition) is 5. The minimum absolute atomic E-state index is 0.0217. The van der Waals surface area contributed by atoms with Gasteiger partial charge in [-0.2, -0.15) is 15.8 Å². The van der Waals surface area contributed by atoms with Gasteiger partial charge in [0.05, 0.1) is 48.0 Å². The smallest absolute Gasteiger partial charge is 0.183 e. The Hall–Kier alpha value is -5.82. The molecule has 7 rings (SSSR count). The van der Waals surface area contributed by atoms with Crippen LogP contribution in [0.15, 0.2) is 102 Å². The van der Waals surface area contributed by atoms with Gasteiger partial charge in [0, 0.05) is 40.2 Å². The molecule has 0 aromatic heterocycles. The van der Waals surface area contributed by atoms with Gasteiger partial charge in [-0.25, -0.2) is 4.85 Å². The van der Waals surface area contributed by atoms with E-state index in [4.69, 9.17) is 6.57 Å². The Morgan fingerprint density at radius 2 is 1.27 bits per heavy atom. The van der Waals surface area contributed by atoms with Crippen molar-refractivity contribution in [3.05, 3.63) is 142 Å². The van der Waals surface area contributed by atoms with Crippen LogP contribution in [0.3, 0.4) is 0 Å². The Morgan fingerprint density at radius 3 is 1.80 bits per heavy atom. The third-order valence-electron chi connectivity index (χ3n) is 8.39. The minimum atomic E-state index is -0.0401. The van der Waals surface area contributed by atoms with E-state index in [0.29, 0.717) is 22.4 Å². The molecular formula is C35H22N6. The molecule has 0 saturated heterocycles. The van der Waals surface area contributed by atoms with Gasteiger partial charge in [0.15, 0.2) is 5.70 Å². The zero-order valence-electron chi connectivity index (χ0n) is 22.2. The van der Waals surface area contributed by atoms with Crippen LogP contribution in [0.2, 0.25) is 0 Å². The van der Waals surface area contributed by atoms with Crippen molar-refractivity contribution in [2.24, 2.45) is 0 Å². The van der Waals surface area contributed by atoms with E-state index in [2.05, 4.69) is 70.1 Å². The van der Waals surface area contributed by atoms with Crippen LogP contribution in [0.4, 0.5) is 22.7 Å². The molecule has 192 valence electrons. The molecule has 6 nitrogen and oxygen atoms in total. The Balaban J connectivity index is 1.38. The van der Waals surface area contributed by atoms with Gasteiger partial charge in [0.2, 0.25) is 0 Å². The van der Waals surface area contributed by atoms with Gasteiger partial charge in [0.1, 0.15) is 0 Å².